The molecule has 0 saturated heterocycles. The van der Waals surface area contributed by atoms with Crippen molar-refractivity contribution in [3.05, 3.63) is 24.8 Å². The topological polar surface area (TPSA) is 3.24 Å². The van der Waals surface area contributed by atoms with E-state index in [1.54, 1.807) is 1.33 Å². The molecule has 0 aromatic heterocycles. The summed E-state index contributed by atoms with van der Waals surface area (Å²) in [5, 5.41) is 0. The average molecular weight is 633 g/mol. The molecule has 0 saturated carbocycles. The molecule has 0 heterocycles. The molecule has 0 aliphatic rings. The van der Waals surface area contributed by atoms with Gasteiger partial charge in [0.05, 0.1) is 58.6 Å². The minimum atomic E-state index is -0.521. The highest BCUT2D eigenvalue weighted by Crippen LogP contribution is 2.36. The van der Waals surface area contributed by atoms with Crippen LogP contribution in [0.2, 0.25) is 0 Å². The standard InChI is InChI=1S/C6HF2I4N/c7-2-1-3(8)5(10)6(4(2)9)13(11)12/h1H. The van der Waals surface area contributed by atoms with E-state index in [0.29, 0.717) is 12.8 Å². The van der Waals surface area contributed by atoms with Gasteiger partial charge in [0, 0.05) is 6.07 Å². The van der Waals surface area contributed by atoms with Crippen molar-refractivity contribution in [2.75, 3.05) is 1.33 Å². The summed E-state index contributed by atoms with van der Waals surface area (Å²) in [6, 6.07) is 0.907. The van der Waals surface area contributed by atoms with Crippen molar-refractivity contribution in [3.8, 4) is 0 Å². The Kier molecular flexibility index (Phi) is 5.17. The average Bonchev–Trinajstić information content (AvgIpc) is 2.01. The molecule has 0 N–H and O–H groups in total. The molecule has 72 valence electrons. The lowest BCUT2D eigenvalue weighted by atomic mass is 10.3. The molecule has 13 heavy (non-hydrogen) atoms. The number of rotatable bonds is 1. The molecule has 0 spiro atoms. The number of benzene rings is 1. The lowest BCUT2D eigenvalue weighted by Crippen LogP contribution is -2.01. The van der Waals surface area contributed by atoms with Crippen molar-refractivity contribution in [1.29, 1.82) is 0 Å². The second-order valence-electron chi connectivity index (χ2n) is 2.05. The van der Waals surface area contributed by atoms with Crippen LogP contribution >= 0.6 is 90.9 Å². The largest absolute Gasteiger partial charge is 0.253 e. The van der Waals surface area contributed by atoms with Gasteiger partial charge in [-0.05, 0) is 45.2 Å². The van der Waals surface area contributed by atoms with Gasteiger partial charge in [-0.1, -0.05) is 0 Å². The van der Waals surface area contributed by atoms with Crippen molar-refractivity contribution in [3.63, 3.8) is 0 Å². The quantitative estimate of drug-likeness (QED) is 0.247. The zero-order valence-corrected chi connectivity index (χ0v) is 14.4. The normalized spacial score (nSPS) is 10.3. The molecular formula is C6HF2I4N. The van der Waals surface area contributed by atoms with E-state index in [1.807, 2.05) is 90.9 Å². The first-order chi connectivity index (χ1) is 5.95. The summed E-state index contributed by atoms with van der Waals surface area (Å²) in [5.74, 6) is -1.04. The first-order valence-electron chi connectivity index (χ1n) is 2.89. The molecule has 1 aromatic carbocycles. The number of hydrogen-bond donors (Lipinski definition) is 0. The maximum Gasteiger partial charge on any atom is 0.141 e. The predicted molar refractivity (Wildman–Crippen MR) is 82.3 cm³/mol. The van der Waals surface area contributed by atoms with Crippen LogP contribution < -0.4 is 1.33 Å². The summed E-state index contributed by atoms with van der Waals surface area (Å²) in [4.78, 5) is 0. The van der Waals surface area contributed by atoms with Crippen LogP contribution in [0.15, 0.2) is 6.07 Å². The molecule has 0 radical (unpaired) electrons. The Morgan fingerprint density at radius 3 is 1.69 bits per heavy atom. The molecule has 0 unspecified atom stereocenters. The molecule has 7 heteroatoms. The number of halogens is 6. The van der Waals surface area contributed by atoms with Crippen LogP contribution in [-0.4, -0.2) is 0 Å². The molecule has 0 bridgehead atoms. The van der Waals surface area contributed by atoms with Crippen LogP contribution in [-0.2, 0) is 0 Å². The van der Waals surface area contributed by atoms with Crippen molar-refractivity contribution in [2.24, 2.45) is 0 Å². The lowest BCUT2D eigenvalue weighted by Gasteiger charge is -2.13. The van der Waals surface area contributed by atoms with E-state index in [9.17, 15) is 8.78 Å². The van der Waals surface area contributed by atoms with Crippen molar-refractivity contribution in [2.45, 2.75) is 0 Å². The summed E-state index contributed by atoms with van der Waals surface area (Å²) in [7, 11) is 0. The third kappa shape index (κ3) is 2.89. The highest BCUT2D eigenvalue weighted by molar-refractivity contribution is 14.2. The van der Waals surface area contributed by atoms with Crippen molar-refractivity contribution >= 4 is 96.6 Å². The fraction of sp³-hybridized carbons (Fsp3) is 0. The molecule has 1 rings (SSSR count). The second kappa shape index (κ2) is 5.23. The summed E-state index contributed by atoms with van der Waals surface area (Å²) in [6.45, 7) is 0. The Bertz CT molecular complexity index is 316. The van der Waals surface area contributed by atoms with Crippen LogP contribution in [0.25, 0.3) is 0 Å². The van der Waals surface area contributed by atoms with Gasteiger partial charge < -0.3 is 0 Å². The third-order valence-electron chi connectivity index (χ3n) is 1.26. The maximum absolute atomic E-state index is 13.1. The van der Waals surface area contributed by atoms with E-state index in [2.05, 4.69) is 0 Å². The van der Waals surface area contributed by atoms with Gasteiger partial charge in [-0.3, -0.25) is 1.33 Å². The van der Waals surface area contributed by atoms with Crippen LogP contribution in [0.1, 0.15) is 0 Å². The van der Waals surface area contributed by atoms with Gasteiger partial charge in [0.15, 0.2) is 0 Å². The summed E-state index contributed by atoms with van der Waals surface area (Å²) in [5.41, 5.74) is 0.569. The predicted octanol–water partition coefficient (Wildman–Crippen LogP) is 4.68. The van der Waals surface area contributed by atoms with E-state index >= 15 is 0 Å². The Hall–Kier alpha value is 1.80. The van der Waals surface area contributed by atoms with Gasteiger partial charge in [-0.25, -0.2) is 8.78 Å². The van der Waals surface area contributed by atoms with Gasteiger partial charge in [0.2, 0.25) is 0 Å². The number of nitrogens with zero attached hydrogens (tertiary/aromatic N) is 1. The minimum absolute atomic E-state index is 0.437. The Morgan fingerprint density at radius 2 is 1.38 bits per heavy atom. The molecule has 0 fully saturated rings. The van der Waals surface area contributed by atoms with Crippen LogP contribution in [0, 0.1) is 18.8 Å². The summed E-state index contributed by atoms with van der Waals surface area (Å²) >= 11 is 7.67. The van der Waals surface area contributed by atoms with Crippen LogP contribution in [0.3, 0.4) is 0 Å². The lowest BCUT2D eigenvalue weighted by molar-refractivity contribution is 0.575. The summed E-state index contributed by atoms with van der Waals surface area (Å²) < 4.78 is 28.7. The van der Waals surface area contributed by atoms with Gasteiger partial charge >= 0.3 is 0 Å². The van der Waals surface area contributed by atoms with Crippen LogP contribution in [0.4, 0.5) is 14.5 Å². The molecule has 0 aliphatic carbocycles. The maximum atomic E-state index is 13.1. The van der Waals surface area contributed by atoms with Gasteiger partial charge in [0.1, 0.15) is 11.6 Å². The van der Waals surface area contributed by atoms with Crippen molar-refractivity contribution < 1.29 is 8.78 Å². The zero-order valence-electron chi connectivity index (χ0n) is 5.79. The molecule has 0 amide bonds. The van der Waals surface area contributed by atoms with Crippen molar-refractivity contribution in [1.82, 2.24) is 0 Å². The zero-order chi connectivity index (χ0) is 10.2. The number of hydrogen-bond acceptors (Lipinski definition) is 1. The SMILES string of the molecule is Fc1cc(F)c(I)c(N(I)I)c1I. The van der Waals surface area contributed by atoms with E-state index in [1.165, 1.54) is 0 Å². The molecule has 0 atom stereocenters. The number of anilines is 1. The molecular weight excluding hydrogens is 632 g/mol. The smallest absolute Gasteiger partial charge is 0.141 e. The van der Waals surface area contributed by atoms with Crippen LogP contribution in [0.5, 0.6) is 0 Å². The van der Waals surface area contributed by atoms with Gasteiger partial charge in [-0.15, -0.1) is 0 Å². The molecule has 1 nitrogen and oxygen atoms in total. The van der Waals surface area contributed by atoms with E-state index in [-0.39, 0.29) is 0 Å². The monoisotopic (exact) mass is 633 g/mol. The Balaban J connectivity index is 3.46. The fourth-order valence-electron chi connectivity index (χ4n) is 0.709. The van der Waals surface area contributed by atoms with Gasteiger partial charge in [-0.2, -0.15) is 0 Å². The van der Waals surface area contributed by atoms with E-state index in [0.717, 1.165) is 6.07 Å². The van der Waals surface area contributed by atoms with E-state index < -0.39 is 11.6 Å². The van der Waals surface area contributed by atoms with Gasteiger partial charge in [0.25, 0.3) is 0 Å². The Labute approximate surface area is 129 Å². The fourth-order valence-corrected chi connectivity index (χ4v) is 5.37. The first kappa shape index (κ1) is 12.9. The van der Waals surface area contributed by atoms with E-state index in [4.69, 9.17) is 0 Å². The minimum Gasteiger partial charge on any atom is -0.253 e. The highest BCUT2D eigenvalue weighted by atomic mass is 127. The first-order valence-corrected chi connectivity index (χ1v) is 6.98. The highest BCUT2D eigenvalue weighted by Gasteiger charge is 2.17. The Morgan fingerprint density at radius 1 is 1.00 bits per heavy atom. The molecule has 0 aliphatic heterocycles. The second-order valence-corrected chi connectivity index (χ2v) is 7.98. The summed E-state index contributed by atoms with van der Waals surface area (Å²) in [6.07, 6.45) is 0. The molecule has 1 aromatic rings. The third-order valence-corrected chi connectivity index (χ3v) is 4.27.